The number of amides is 1. The number of nitrogens with one attached hydrogen (secondary N) is 2. The van der Waals surface area contributed by atoms with Gasteiger partial charge < -0.3 is 10.6 Å². The Labute approximate surface area is 122 Å². The molecule has 1 aromatic carbocycles. The summed E-state index contributed by atoms with van der Waals surface area (Å²) in [6.45, 7) is 1.97. The monoisotopic (exact) mass is 302 g/mol. The van der Waals surface area contributed by atoms with E-state index >= 15 is 0 Å². The molecule has 1 aliphatic heterocycles. The Bertz CT molecular complexity index is 498. The van der Waals surface area contributed by atoms with Crippen LogP contribution in [0.25, 0.3) is 0 Å². The van der Waals surface area contributed by atoms with E-state index in [1.54, 1.807) is 6.08 Å². The highest BCUT2D eigenvalue weighted by Gasteiger charge is 2.07. The van der Waals surface area contributed by atoms with Crippen molar-refractivity contribution in [3.8, 4) is 0 Å². The van der Waals surface area contributed by atoms with Gasteiger partial charge in [-0.3, -0.25) is 4.79 Å². The zero-order chi connectivity index (χ0) is 13.7. The molecule has 20 heavy (non-hydrogen) atoms. The minimum atomic E-state index is -0.900. The van der Waals surface area contributed by atoms with Crippen molar-refractivity contribution >= 4 is 18.3 Å². The van der Waals surface area contributed by atoms with E-state index in [9.17, 15) is 13.6 Å². The first kappa shape index (κ1) is 16.6. The number of rotatable bonds is 3. The van der Waals surface area contributed by atoms with E-state index in [0.717, 1.165) is 43.6 Å². The van der Waals surface area contributed by atoms with Gasteiger partial charge in [0.25, 0.3) is 0 Å². The number of carbonyl (C=O) groups is 1. The number of piperidine rings is 1. The molecule has 110 valence electrons. The summed E-state index contributed by atoms with van der Waals surface area (Å²) >= 11 is 0. The summed E-state index contributed by atoms with van der Waals surface area (Å²) in [7, 11) is 0. The van der Waals surface area contributed by atoms with Crippen LogP contribution in [0.5, 0.6) is 0 Å². The van der Waals surface area contributed by atoms with Crippen molar-refractivity contribution in [3.05, 3.63) is 47.0 Å². The van der Waals surface area contributed by atoms with Crippen LogP contribution in [0.15, 0.2) is 29.8 Å². The Balaban J connectivity index is 0.00000200. The van der Waals surface area contributed by atoms with Gasteiger partial charge in [-0.1, -0.05) is 11.6 Å². The lowest BCUT2D eigenvalue weighted by atomic mass is 10.1. The van der Waals surface area contributed by atoms with Crippen LogP contribution in [0.1, 0.15) is 18.4 Å². The summed E-state index contributed by atoms with van der Waals surface area (Å²) in [5, 5.41) is 5.88. The van der Waals surface area contributed by atoms with E-state index in [4.69, 9.17) is 0 Å². The van der Waals surface area contributed by atoms with E-state index in [1.165, 1.54) is 6.07 Å². The lowest BCUT2D eigenvalue weighted by molar-refractivity contribution is -0.116. The van der Waals surface area contributed by atoms with Crippen molar-refractivity contribution in [3.63, 3.8) is 0 Å². The van der Waals surface area contributed by atoms with Crippen molar-refractivity contribution in [1.82, 2.24) is 10.6 Å². The number of hydrogen-bond acceptors (Lipinski definition) is 2. The van der Waals surface area contributed by atoms with E-state index in [-0.39, 0.29) is 24.9 Å². The molecule has 1 heterocycles. The fourth-order valence-electron chi connectivity index (χ4n) is 1.97. The minimum absolute atomic E-state index is 0. The number of hydrogen-bond donors (Lipinski definition) is 2. The molecule has 0 atom stereocenters. The van der Waals surface area contributed by atoms with Crippen molar-refractivity contribution < 1.29 is 13.6 Å². The Hall–Kier alpha value is -1.46. The third-order valence-corrected chi connectivity index (χ3v) is 3.03. The van der Waals surface area contributed by atoms with Crippen molar-refractivity contribution in [1.29, 1.82) is 0 Å². The highest BCUT2D eigenvalue weighted by Crippen LogP contribution is 2.10. The standard InChI is InChI=1S/C14H16F2N2O.ClH/c15-12-2-1-11(7-13(12)16)9-18-14(19)8-10-3-5-17-6-4-10;/h1-2,7-8,17H,3-6,9H2,(H,18,19);1H. The highest BCUT2D eigenvalue weighted by atomic mass is 35.5. The predicted molar refractivity (Wildman–Crippen MR) is 75.6 cm³/mol. The first-order valence-corrected chi connectivity index (χ1v) is 6.27. The van der Waals surface area contributed by atoms with Gasteiger partial charge >= 0.3 is 0 Å². The van der Waals surface area contributed by atoms with Crippen LogP contribution in [-0.2, 0) is 11.3 Å². The summed E-state index contributed by atoms with van der Waals surface area (Å²) in [6, 6.07) is 3.60. The molecule has 1 aromatic rings. The summed E-state index contributed by atoms with van der Waals surface area (Å²) in [5.41, 5.74) is 1.65. The van der Waals surface area contributed by atoms with E-state index in [2.05, 4.69) is 10.6 Å². The Morgan fingerprint density at radius 2 is 1.95 bits per heavy atom. The molecule has 0 unspecified atom stereocenters. The summed E-state index contributed by atoms with van der Waals surface area (Å²) in [4.78, 5) is 11.7. The van der Waals surface area contributed by atoms with Crippen LogP contribution in [0.3, 0.4) is 0 Å². The quantitative estimate of drug-likeness (QED) is 0.841. The number of carbonyl (C=O) groups excluding carboxylic acids is 1. The first-order valence-electron chi connectivity index (χ1n) is 6.27. The first-order chi connectivity index (χ1) is 9.15. The molecule has 6 heteroatoms. The molecule has 1 amide bonds. The van der Waals surface area contributed by atoms with Gasteiger partial charge in [-0.05, 0) is 43.6 Å². The SMILES string of the molecule is Cl.O=C(C=C1CCNCC1)NCc1ccc(F)c(F)c1. The molecule has 0 aliphatic carbocycles. The molecule has 0 saturated carbocycles. The number of halogens is 3. The van der Waals surface area contributed by atoms with Gasteiger partial charge in [0.15, 0.2) is 11.6 Å². The molecular formula is C14H17ClF2N2O. The zero-order valence-corrected chi connectivity index (χ0v) is 11.7. The molecular weight excluding hydrogens is 286 g/mol. The topological polar surface area (TPSA) is 41.1 Å². The van der Waals surface area contributed by atoms with Crippen LogP contribution >= 0.6 is 12.4 Å². The van der Waals surface area contributed by atoms with Gasteiger partial charge in [-0.2, -0.15) is 0 Å². The average molecular weight is 303 g/mol. The smallest absolute Gasteiger partial charge is 0.244 e. The minimum Gasteiger partial charge on any atom is -0.348 e. The maximum absolute atomic E-state index is 13.0. The van der Waals surface area contributed by atoms with Crippen LogP contribution in [0, 0.1) is 11.6 Å². The van der Waals surface area contributed by atoms with Crippen molar-refractivity contribution in [2.75, 3.05) is 13.1 Å². The molecule has 0 radical (unpaired) electrons. The summed E-state index contributed by atoms with van der Waals surface area (Å²) < 4.78 is 25.7. The fraction of sp³-hybridized carbons (Fsp3) is 0.357. The van der Waals surface area contributed by atoms with E-state index < -0.39 is 11.6 Å². The van der Waals surface area contributed by atoms with Gasteiger partial charge in [0.05, 0.1) is 0 Å². The van der Waals surface area contributed by atoms with Gasteiger partial charge in [0.2, 0.25) is 5.91 Å². The Kier molecular flexibility index (Phi) is 6.61. The van der Waals surface area contributed by atoms with E-state index in [1.807, 2.05) is 0 Å². The third kappa shape index (κ3) is 4.90. The lowest BCUT2D eigenvalue weighted by Crippen LogP contribution is -2.25. The third-order valence-electron chi connectivity index (χ3n) is 3.03. The van der Waals surface area contributed by atoms with Gasteiger partial charge in [0.1, 0.15) is 0 Å². The van der Waals surface area contributed by atoms with Gasteiger partial charge in [-0.25, -0.2) is 8.78 Å². The molecule has 2 rings (SSSR count). The van der Waals surface area contributed by atoms with Crippen LogP contribution in [0.2, 0.25) is 0 Å². The van der Waals surface area contributed by atoms with Gasteiger partial charge in [-0.15, -0.1) is 12.4 Å². The fourth-order valence-corrected chi connectivity index (χ4v) is 1.97. The molecule has 0 aromatic heterocycles. The lowest BCUT2D eigenvalue weighted by Gasteiger charge is -2.14. The maximum atomic E-state index is 13.0. The summed E-state index contributed by atoms with van der Waals surface area (Å²) in [5.74, 6) is -1.98. The molecule has 1 fully saturated rings. The van der Waals surface area contributed by atoms with Crippen molar-refractivity contribution in [2.24, 2.45) is 0 Å². The maximum Gasteiger partial charge on any atom is 0.244 e. The van der Waals surface area contributed by atoms with Crippen LogP contribution in [-0.4, -0.2) is 19.0 Å². The predicted octanol–water partition coefficient (Wildman–Crippen LogP) is 2.31. The zero-order valence-electron chi connectivity index (χ0n) is 10.9. The Morgan fingerprint density at radius 3 is 2.60 bits per heavy atom. The van der Waals surface area contributed by atoms with Gasteiger partial charge in [0, 0.05) is 12.6 Å². The highest BCUT2D eigenvalue weighted by molar-refractivity contribution is 5.88. The summed E-state index contributed by atoms with van der Waals surface area (Å²) in [6.07, 6.45) is 3.35. The van der Waals surface area contributed by atoms with Crippen LogP contribution in [0.4, 0.5) is 8.78 Å². The molecule has 0 bridgehead atoms. The second-order valence-electron chi connectivity index (χ2n) is 4.52. The van der Waals surface area contributed by atoms with E-state index in [0.29, 0.717) is 5.56 Å². The molecule has 1 saturated heterocycles. The normalized spacial score (nSPS) is 14.4. The van der Waals surface area contributed by atoms with Crippen molar-refractivity contribution in [2.45, 2.75) is 19.4 Å². The Morgan fingerprint density at radius 1 is 1.25 bits per heavy atom. The second-order valence-corrected chi connectivity index (χ2v) is 4.52. The van der Waals surface area contributed by atoms with Crippen LogP contribution < -0.4 is 10.6 Å². The number of benzene rings is 1. The molecule has 2 N–H and O–H groups in total. The molecule has 3 nitrogen and oxygen atoms in total. The second kappa shape index (κ2) is 7.97. The molecule has 1 aliphatic rings. The largest absolute Gasteiger partial charge is 0.348 e. The average Bonchev–Trinajstić information content (AvgIpc) is 2.41. The molecule has 0 spiro atoms.